The Morgan fingerprint density at radius 2 is 1.96 bits per heavy atom. The molecular weight excluding hydrogens is 381 g/mol. The van der Waals surface area contributed by atoms with Crippen LogP contribution < -0.4 is 15.4 Å². The molecule has 2 amide bonds. The van der Waals surface area contributed by atoms with Crippen molar-refractivity contribution in [2.45, 2.75) is 17.2 Å². The molecule has 0 spiro atoms. The highest BCUT2D eigenvalue weighted by molar-refractivity contribution is 7.98. The summed E-state index contributed by atoms with van der Waals surface area (Å²) in [6.45, 7) is -0.380. The van der Waals surface area contributed by atoms with Crippen molar-refractivity contribution in [1.29, 1.82) is 0 Å². The highest BCUT2D eigenvalue weighted by Crippen LogP contribution is 2.31. The van der Waals surface area contributed by atoms with E-state index in [4.69, 9.17) is 4.74 Å². The molecule has 1 unspecified atom stereocenters. The van der Waals surface area contributed by atoms with Crippen LogP contribution in [0.5, 0.6) is 5.75 Å². The minimum absolute atomic E-state index is 0.0118. The number of thioether (sulfide) groups is 1. The molecule has 3 N–H and O–H groups in total. The second-order valence-electron chi connectivity index (χ2n) is 5.53. The topological polar surface area (TPSA) is 70.6 Å². The lowest BCUT2D eigenvalue weighted by atomic mass is 10.2. The van der Waals surface area contributed by atoms with E-state index in [9.17, 15) is 23.1 Å². The molecule has 1 atom stereocenters. The van der Waals surface area contributed by atoms with Gasteiger partial charge in [0.2, 0.25) is 0 Å². The molecule has 0 aliphatic carbocycles. The van der Waals surface area contributed by atoms with Crippen molar-refractivity contribution in [3.8, 4) is 5.75 Å². The molecule has 0 bridgehead atoms. The number of nitrogens with one attached hydrogen (secondary N) is 2. The van der Waals surface area contributed by atoms with Crippen molar-refractivity contribution in [2.24, 2.45) is 0 Å². The third-order valence-corrected chi connectivity index (χ3v) is 4.25. The average Bonchev–Trinajstić information content (AvgIpc) is 2.64. The van der Waals surface area contributed by atoms with Crippen LogP contribution in [0.1, 0.15) is 5.56 Å². The van der Waals surface area contributed by atoms with Gasteiger partial charge in [0, 0.05) is 11.4 Å². The molecule has 2 aromatic carbocycles. The number of hydrogen-bond acceptors (Lipinski definition) is 4. The number of carbonyl (C=O) groups excluding carboxylic acids is 1. The highest BCUT2D eigenvalue weighted by atomic mass is 32.2. The number of anilines is 1. The smallest absolute Gasteiger partial charge is 0.416 e. The van der Waals surface area contributed by atoms with E-state index in [0.29, 0.717) is 5.69 Å². The Kier molecular flexibility index (Phi) is 7.37. The van der Waals surface area contributed by atoms with E-state index < -0.39 is 23.9 Å². The van der Waals surface area contributed by atoms with Crippen molar-refractivity contribution >= 4 is 23.5 Å². The zero-order valence-corrected chi connectivity index (χ0v) is 15.2. The molecule has 0 saturated carbocycles. The van der Waals surface area contributed by atoms with Gasteiger partial charge in [-0.2, -0.15) is 13.2 Å². The van der Waals surface area contributed by atoms with Crippen LogP contribution in [-0.2, 0) is 6.18 Å². The van der Waals surface area contributed by atoms with E-state index in [1.807, 2.05) is 18.4 Å². The molecule has 0 aliphatic rings. The minimum Gasteiger partial charge on any atom is -0.491 e. The lowest BCUT2D eigenvalue weighted by Crippen LogP contribution is -2.37. The molecule has 0 fully saturated rings. The molecular formula is C18H19F3N2O3S. The number of halogens is 3. The number of benzene rings is 2. The second-order valence-corrected chi connectivity index (χ2v) is 6.37. The van der Waals surface area contributed by atoms with E-state index in [1.54, 1.807) is 12.1 Å². The molecule has 146 valence electrons. The standard InChI is InChI=1S/C18H19F3N2O3S/c1-27-16-8-3-2-7-15(16)23-17(25)22-10-13(24)11-26-14-6-4-5-12(9-14)18(19,20)21/h2-9,13,24H,10-11H2,1H3,(H2,22,23,25). The summed E-state index contributed by atoms with van der Waals surface area (Å²) in [6.07, 6.45) is -3.67. The normalized spacial score (nSPS) is 12.3. The Labute approximate surface area is 158 Å². The van der Waals surface area contributed by atoms with Gasteiger partial charge >= 0.3 is 12.2 Å². The number of ether oxygens (including phenoxy) is 1. The fraction of sp³-hybridized carbons (Fsp3) is 0.278. The average molecular weight is 400 g/mol. The van der Waals surface area contributed by atoms with Crippen LogP contribution >= 0.6 is 11.8 Å². The van der Waals surface area contributed by atoms with Gasteiger partial charge in [0.25, 0.3) is 0 Å². The molecule has 0 aromatic heterocycles. The summed E-state index contributed by atoms with van der Waals surface area (Å²) in [7, 11) is 0. The summed E-state index contributed by atoms with van der Waals surface area (Å²) in [4.78, 5) is 12.8. The number of para-hydroxylation sites is 1. The summed E-state index contributed by atoms with van der Waals surface area (Å²) in [6, 6.07) is 11.1. The number of hydrogen-bond donors (Lipinski definition) is 3. The van der Waals surface area contributed by atoms with Crippen molar-refractivity contribution in [3.63, 3.8) is 0 Å². The van der Waals surface area contributed by atoms with E-state index in [-0.39, 0.29) is 18.9 Å². The molecule has 0 heterocycles. The molecule has 9 heteroatoms. The van der Waals surface area contributed by atoms with Crippen molar-refractivity contribution < 1.29 is 27.8 Å². The molecule has 0 radical (unpaired) electrons. The first-order valence-corrected chi connectivity index (χ1v) is 9.18. The lowest BCUT2D eigenvalue weighted by molar-refractivity contribution is -0.137. The molecule has 2 aromatic rings. The van der Waals surface area contributed by atoms with Crippen molar-refractivity contribution in [3.05, 3.63) is 54.1 Å². The predicted octanol–water partition coefficient (Wildman–Crippen LogP) is 3.99. The van der Waals surface area contributed by atoms with E-state index in [1.165, 1.54) is 23.9 Å². The minimum atomic E-state index is -4.47. The number of aliphatic hydroxyl groups is 1. The first-order valence-electron chi connectivity index (χ1n) is 7.95. The van der Waals surface area contributed by atoms with Crippen molar-refractivity contribution in [2.75, 3.05) is 24.7 Å². The predicted molar refractivity (Wildman–Crippen MR) is 98.2 cm³/mol. The Hall–Kier alpha value is -2.39. The second kappa shape index (κ2) is 9.52. The van der Waals surface area contributed by atoms with Gasteiger partial charge in [-0.1, -0.05) is 18.2 Å². The Bertz CT molecular complexity index is 772. The SMILES string of the molecule is CSc1ccccc1NC(=O)NCC(O)COc1cccc(C(F)(F)F)c1. The van der Waals surface area contributed by atoms with Crippen LogP contribution in [0.15, 0.2) is 53.4 Å². The molecule has 5 nitrogen and oxygen atoms in total. The number of rotatable bonds is 7. The third-order valence-electron chi connectivity index (χ3n) is 3.46. The van der Waals surface area contributed by atoms with E-state index in [0.717, 1.165) is 17.0 Å². The number of alkyl halides is 3. The van der Waals surface area contributed by atoms with Gasteiger partial charge in [-0.3, -0.25) is 0 Å². The van der Waals surface area contributed by atoms with Gasteiger partial charge < -0.3 is 20.5 Å². The maximum atomic E-state index is 12.6. The summed E-state index contributed by atoms with van der Waals surface area (Å²) >= 11 is 1.48. The maximum Gasteiger partial charge on any atom is 0.416 e. The van der Waals surface area contributed by atoms with Crippen LogP contribution in [-0.4, -0.2) is 36.6 Å². The summed E-state index contributed by atoms with van der Waals surface area (Å²) in [5, 5.41) is 15.0. The molecule has 0 aliphatic heterocycles. The first-order chi connectivity index (χ1) is 12.8. The largest absolute Gasteiger partial charge is 0.491 e. The van der Waals surface area contributed by atoms with Crippen molar-refractivity contribution in [1.82, 2.24) is 5.32 Å². The Balaban J connectivity index is 1.79. The van der Waals surface area contributed by atoms with Crippen LogP contribution in [0.25, 0.3) is 0 Å². The zero-order valence-electron chi connectivity index (χ0n) is 14.4. The van der Waals surface area contributed by atoms with E-state index >= 15 is 0 Å². The summed E-state index contributed by atoms with van der Waals surface area (Å²) in [5.41, 5.74) is -0.198. The maximum absolute atomic E-state index is 12.6. The molecule has 2 rings (SSSR count). The zero-order chi connectivity index (χ0) is 19.9. The Morgan fingerprint density at radius 1 is 1.22 bits per heavy atom. The molecule has 27 heavy (non-hydrogen) atoms. The summed E-state index contributed by atoms with van der Waals surface area (Å²) < 4.78 is 43.1. The quantitative estimate of drug-likeness (QED) is 0.615. The fourth-order valence-corrected chi connectivity index (χ4v) is 2.69. The van der Waals surface area contributed by atoms with Gasteiger partial charge in [-0.05, 0) is 36.6 Å². The fourth-order valence-electron chi connectivity index (χ4n) is 2.14. The van der Waals surface area contributed by atoms with Gasteiger partial charge in [-0.15, -0.1) is 11.8 Å². The van der Waals surface area contributed by atoms with Crippen LogP contribution in [0.4, 0.5) is 23.7 Å². The number of carbonyl (C=O) groups is 1. The van der Waals surface area contributed by atoms with Crippen LogP contribution in [0, 0.1) is 0 Å². The van der Waals surface area contributed by atoms with Crippen LogP contribution in [0.2, 0.25) is 0 Å². The Morgan fingerprint density at radius 3 is 2.67 bits per heavy atom. The highest BCUT2D eigenvalue weighted by Gasteiger charge is 2.30. The third kappa shape index (κ3) is 6.69. The monoisotopic (exact) mass is 400 g/mol. The van der Waals surface area contributed by atoms with Gasteiger partial charge in [-0.25, -0.2) is 4.79 Å². The van der Waals surface area contributed by atoms with E-state index in [2.05, 4.69) is 10.6 Å². The van der Waals surface area contributed by atoms with Crippen LogP contribution in [0.3, 0.4) is 0 Å². The van der Waals surface area contributed by atoms with Gasteiger partial charge in [0.1, 0.15) is 18.5 Å². The molecule has 0 saturated heterocycles. The summed E-state index contributed by atoms with van der Waals surface area (Å²) in [5.74, 6) is -0.0118. The first kappa shape index (κ1) is 20.9. The van der Waals surface area contributed by atoms with Gasteiger partial charge in [0.05, 0.1) is 11.3 Å². The number of aliphatic hydroxyl groups excluding tert-OH is 1. The number of amides is 2. The van der Waals surface area contributed by atoms with Gasteiger partial charge in [0.15, 0.2) is 0 Å². The lowest BCUT2D eigenvalue weighted by Gasteiger charge is -2.15. The number of urea groups is 1.